The zero-order valence-corrected chi connectivity index (χ0v) is 14.2. The third-order valence-electron chi connectivity index (χ3n) is 4.64. The first-order valence-electron chi connectivity index (χ1n) is 8.62. The Balaban J connectivity index is 1.48. The molecule has 0 amide bonds. The van der Waals surface area contributed by atoms with Crippen molar-refractivity contribution >= 4 is 17.5 Å². The van der Waals surface area contributed by atoms with E-state index in [1.165, 1.54) is 0 Å². The first kappa shape index (κ1) is 16.0. The van der Waals surface area contributed by atoms with E-state index in [0.717, 1.165) is 54.3 Å². The van der Waals surface area contributed by atoms with Crippen LogP contribution >= 0.6 is 0 Å². The molecule has 1 saturated carbocycles. The first-order chi connectivity index (χ1) is 12.2. The number of nitrogens with zero attached hydrogens (tertiary/aromatic N) is 2. The average Bonchev–Trinajstić information content (AvgIpc) is 3.08. The Labute approximate surface area is 146 Å². The Morgan fingerprint density at radius 3 is 2.76 bits per heavy atom. The van der Waals surface area contributed by atoms with Gasteiger partial charge in [-0.1, -0.05) is 0 Å². The standard InChI is InChI=1S/C18H22N4O3/c1-11-9-19-18(21-12-2-5-14(23)6-3-12)22-17(11)20-13-4-7-15-16(8-13)25-10-24-15/h4,7-9,12,14,23H,2-3,5-6,10H2,1H3,(H2,19,20,21,22). The molecule has 7 heteroatoms. The fourth-order valence-corrected chi connectivity index (χ4v) is 3.15. The van der Waals surface area contributed by atoms with Crippen molar-refractivity contribution in [1.82, 2.24) is 9.97 Å². The van der Waals surface area contributed by atoms with Gasteiger partial charge in [0.05, 0.1) is 6.10 Å². The Hall–Kier alpha value is -2.54. The Morgan fingerprint density at radius 1 is 1.12 bits per heavy atom. The SMILES string of the molecule is Cc1cnc(NC2CCC(O)CC2)nc1Nc1ccc2c(c1)OCO2. The molecule has 2 aromatic rings. The van der Waals surface area contributed by atoms with Gasteiger partial charge in [-0.05, 0) is 44.7 Å². The van der Waals surface area contributed by atoms with Gasteiger partial charge in [0.2, 0.25) is 12.7 Å². The zero-order chi connectivity index (χ0) is 17.2. The van der Waals surface area contributed by atoms with Crippen molar-refractivity contribution in [3.8, 4) is 11.5 Å². The van der Waals surface area contributed by atoms with Gasteiger partial charge in [-0.25, -0.2) is 4.98 Å². The summed E-state index contributed by atoms with van der Waals surface area (Å²) in [6.07, 6.45) is 5.16. The predicted molar refractivity (Wildman–Crippen MR) is 94.5 cm³/mol. The highest BCUT2D eigenvalue weighted by molar-refractivity contribution is 5.64. The van der Waals surface area contributed by atoms with Gasteiger partial charge in [-0.3, -0.25) is 0 Å². The molecule has 0 saturated heterocycles. The molecule has 0 radical (unpaired) electrons. The topological polar surface area (TPSA) is 88.5 Å². The second-order valence-corrected chi connectivity index (χ2v) is 6.57. The number of hydrogen-bond acceptors (Lipinski definition) is 7. The number of aliphatic hydroxyl groups excluding tert-OH is 1. The van der Waals surface area contributed by atoms with Crippen LogP contribution in [0.4, 0.5) is 17.5 Å². The lowest BCUT2D eigenvalue weighted by atomic mass is 9.93. The maximum absolute atomic E-state index is 9.62. The summed E-state index contributed by atoms with van der Waals surface area (Å²) < 4.78 is 10.7. The molecule has 1 fully saturated rings. The van der Waals surface area contributed by atoms with Crippen LogP contribution in [0.5, 0.6) is 11.5 Å². The average molecular weight is 342 g/mol. The quantitative estimate of drug-likeness (QED) is 0.787. The van der Waals surface area contributed by atoms with Gasteiger partial charge in [0, 0.05) is 29.6 Å². The van der Waals surface area contributed by atoms with Crippen LogP contribution in [-0.2, 0) is 0 Å². The van der Waals surface area contributed by atoms with Crippen LogP contribution in [-0.4, -0.2) is 34.0 Å². The first-order valence-corrected chi connectivity index (χ1v) is 8.62. The summed E-state index contributed by atoms with van der Waals surface area (Å²) in [5, 5.41) is 16.3. The number of benzene rings is 1. The number of hydrogen-bond donors (Lipinski definition) is 3. The Kier molecular flexibility index (Phi) is 4.31. The van der Waals surface area contributed by atoms with Crippen molar-refractivity contribution in [2.75, 3.05) is 17.4 Å². The largest absolute Gasteiger partial charge is 0.454 e. The van der Waals surface area contributed by atoms with Gasteiger partial charge in [-0.15, -0.1) is 0 Å². The van der Waals surface area contributed by atoms with Crippen molar-refractivity contribution < 1.29 is 14.6 Å². The second-order valence-electron chi connectivity index (χ2n) is 6.57. The van der Waals surface area contributed by atoms with E-state index in [-0.39, 0.29) is 12.9 Å². The van der Waals surface area contributed by atoms with Crippen LogP contribution in [0.15, 0.2) is 24.4 Å². The summed E-state index contributed by atoms with van der Waals surface area (Å²) in [7, 11) is 0. The fourth-order valence-electron chi connectivity index (χ4n) is 3.15. The number of anilines is 3. The molecule has 2 heterocycles. The van der Waals surface area contributed by atoms with E-state index in [9.17, 15) is 5.11 Å². The molecule has 1 aromatic heterocycles. The molecule has 0 atom stereocenters. The molecule has 7 nitrogen and oxygen atoms in total. The van der Waals surface area contributed by atoms with Crippen LogP contribution < -0.4 is 20.1 Å². The lowest BCUT2D eigenvalue weighted by Crippen LogP contribution is -2.29. The Bertz CT molecular complexity index is 760. The summed E-state index contributed by atoms with van der Waals surface area (Å²) in [5.74, 6) is 2.85. The molecular formula is C18H22N4O3. The second kappa shape index (κ2) is 6.76. The van der Waals surface area contributed by atoms with Crippen molar-refractivity contribution in [3.05, 3.63) is 30.0 Å². The van der Waals surface area contributed by atoms with Crippen LogP contribution in [0.1, 0.15) is 31.2 Å². The van der Waals surface area contributed by atoms with Gasteiger partial charge in [-0.2, -0.15) is 4.98 Å². The van der Waals surface area contributed by atoms with E-state index in [2.05, 4.69) is 20.6 Å². The van der Waals surface area contributed by atoms with Crippen LogP contribution in [0.25, 0.3) is 0 Å². The van der Waals surface area contributed by atoms with Crippen molar-refractivity contribution in [2.45, 2.75) is 44.8 Å². The number of aromatic nitrogens is 2. The lowest BCUT2D eigenvalue weighted by molar-refractivity contribution is 0.126. The molecule has 0 bridgehead atoms. The third-order valence-corrected chi connectivity index (χ3v) is 4.64. The molecule has 4 rings (SSSR count). The maximum atomic E-state index is 9.62. The minimum absolute atomic E-state index is 0.166. The molecule has 0 spiro atoms. The minimum atomic E-state index is -0.166. The highest BCUT2D eigenvalue weighted by Crippen LogP contribution is 2.35. The van der Waals surface area contributed by atoms with E-state index in [1.54, 1.807) is 0 Å². The van der Waals surface area contributed by atoms with Gasteiger partial charge in [0.1, 0.15) is 5.82 Å². The highest BCUT2D eigenvalue weighted by atomic mass is 16.7. The number of rotatable bonds is 4. The van der Waals surface area contributed by atoms with E-state index in [4.69, 9.17) is 9.47 Å². The van der Waals surface area contributed by atoms with E-state index < -0.39 is 0 Å². The van der Waals surface area contributed by atoms with Crippen LogP contribution in [0.3, 0.4) is 0 Å². The van der Waals surface area contributed by atoms with Gasteiger partial charge in [0.25, 0.3) is 0 Å². The van der Waals surface area contributed by atoms with Gasteiger partial charge < -0.3 is 25.2 Å². The van der Waals surface area contributed by atoms with E-state index in [0.29, 0.717) is 12.0 Å². The molecule has 2 aliphatic rings. The summed E-state index contributed by atoms with van der Waals surface area (Å²) in [6, 6.07) is 6.03. The summed E-state index contributed by atoms with van der Waals surface area (Å²) in [4.78, 5) is 8.99. The van der Waals surface area contributed by atoms with Crippen LogP contribution in [0, 0.1) is 6.92 Å². The third kappa shape index (κ3) is 3.61. The van der Waals surface area contributed by atoms with Crippen molar-refractivity contribution in [3.63, 3.8) is 0 Å². The Morgan fingerprint density at radius 2 is 1.92 bits per heavy atom. The highest BCUT2D eigenvalue weighted by Gasteiger charge is 2.20. The maximum Gasteiger partial charge on any atom is 0.231 e. The number of aliphatic hydroxyl groups is 1. The van der Waals surface area contributed by atoms with Crippen LogP contribution in [0.2, 0.25) is 0 Å². The monoisotopic (exact) mass is 342 g/mol. The number of nitrogens with one attached hydrogen (secondary N) is 2. The predicted octanol–water partition coefficient (Wildman–Crippen LogP) is 2.97. The molecular weight excluding hydrogens is 320 g/mol. The zero-order valence-electron chi connectivity index (χ0n) is 14.2. The van der Waals surface area contributed by atoms with Gasteiger partial charge in [0.15, 0.2) is 11.5 Å². The molecule has 1 aromatic carbocycles. The summed E-state index contributed by atoms with van der Waals surface area (Å²) >= 11 is 0. The molecule has 0 unspecified atom stereocenters. The summed E-state index contributed by atoms with van der Waals surface area (Å²) in [6.45, 7) is 2.23. The van der Waals surface area contributed by atoms with Crippen molar-refractivity contribution in [2.24, 2.45) is 0 Å². The number of fused-ring (bicyclic) bond motifs is 1. The molecule has 25 heavy (non-hydrogen) atoms. The fraction of sp³-hybridized carbons (Fsp3) is 0.444. The van der Waals surface area contributed by atoms with Gasteiger partial charge >= 0.3 is 0 Å². The van der Waals surface area contributed by atoms with E-state index in [1.807, 2.05) is 31.3 Å². The minimum Gasteiger partial charge on any atom is -0.454 e. The normalized spacial score (nSPS) is 21.8. The van der Waals surface area contributed by atoms with E-state index >= 15 is 0 Å². The van der Waals surface area contributed by atoms with Crippen molar-refractivity contribution in [1.29, 1.82) is 0 Å². The lowest BCUT2D eigenvalue weighted by Gasteiger charge is -2.26. The molecule has 1 aliphatic heterocycles. The summed E-state index contributed by atoms with van der Waals surface area (Å²) in [5.41, 5.74) is 1.85. The molecule has 132 valence electrons. The number of ether oxygens (including phenoxy) is 2. The molecule has 3 N–H and O–H groups in total. The smallest absolute Gasteiger partial charge is 0.231 e. The molecule has 1 aliphatic carbocycles. The number of aryl methyl sites for hydroxylation is 1.